The van der Waals surface area contributed by atoms with E-state index in [-0.39, 0.29) is 19.1 Å². The van der Waals surface area contributed by atoms with Gasteiger partial charge in [0.05, 0.1) is 0 Å². The van der Waals surface area contributed by atoms with Gasteiger partial charge in [0.25, 0.3) is 12.9 Å². The molecule has 0 radical (unpaired) electrons. The first-order valence-corrected chi connectivity index (χ1v) is 13.3. The van der Waals surface area contributed by atoms with Gasteiger partial charge in [-0.2, -0.15) is 6.08 Å². The second kappa shape index (κ2) is 16.8. The molecule has 0 saturated carbocycles. The van der Waals surface area contributed by atoms with Crippen LogP contribution in [0.3, 0.4) is 0 Å². The molecule has 28 heavy (non-hydrogen) atoms. The fourth-order valence-electron chi connectivity index (χ4n) is 2.24. The molecule has 0 heterocycles. The van der Waals surface area contributed by atoms with Crippen LogP contribution >= 0.6 is 0 Å². The Morgan fingerprint density at radius 3 is 1.64 bits per heavy atom. The predicted molar refractivity (Wildman–Crippen MR) is 113 cm³/mol. The summed E-state index contributed by atoms with van der Waals surface area (Å²) in [6.07, 6.45) is 10.1. The van der Waals surface area contributed by atoms with Crippen LogP contribution in [0.25, 0.3) is 21.5 Å². The quantitative estimate of drug-likeness (QED) is 0.293. The van der Waals surface area contributed by atoms with E-state index in [0.29, 0.717) is 0 Å². The summed E-state index contributed by atoms with van der Waals surface area (Å²) in [5, 5.41) is 19.2. The minimum Gasteiger partial charge on any atom is -0.483 e. The van der Waals surface area contributed by atoms with Gasteiger partial charge in [-0.25, -0.2) is 12.2 Å². The zero-order valence-electron chi connectivity index (χ0n) is 16.0. The summed E-state index contributed by atoms with van der Waals surface area (Å²) >= 11 is 2.27. The fraction of sp³-hybridized carbons (Fsp3) is 0.136. The zero-order chi connectivity index (χ0) is 21.2. The van der Waals surface area contributed by atoms with E-state index in [1.165, 1.54) is 21.5 Å². The van der Waals surface area contributed by atoms with Crippen molar-refractivity contribution in [2.45, 2.75) is 19.5 Å². The largest absolute Gasteiger partial charge is 0.483 e. The van der Waals surface area contributed by atoms with E-state index >= 15 is 0 Å². The molecule has 1 aliphatic rings. The predicted octanol–water partition coefficient (Wildman–Crippen LogP) is 5.20. The SMILES string of the molecule is C[Si](C)=[Ti+2].O=CO.O=CO.[C-]1=CC=CC1.c1ccc2c(c1)[cH-]c1ccccc12. The van der Waals surface area contributed by atoms with E-state index in [1.807, 2.05) is 12.2 Å². The first-order chi connectivity index (χ1) is 13.5. The first kappa shape index (κ1) is 25.7. The molecule has 0 spiro atoms. The summed E-state index contributed by atoms with van der Waals surface area (Å²) in [5.41, 5.74) is 0. The molecule has 2 N–H and O–H groups in total. The van der Waals surface area contributed by atoms with Crippen molar-refractivity contribution in [3.8, 4) is 0 Å². The number of rotatable bonds is 0. The fourth-order valence-corrected chi connectivity index (χ4v) is 2.24. The number of hydrogen-bond donors (Lipinski definition) is 2. The molecule has 1 aliphatic carbocycles. The third kappa shape index (κ3) is 11.4. The second-order valence-corrected chi connectivity index (χ2v) is 12.2. The van der Waals surface area contributed by atoms with E-state index in [1.54, 1.807) is 0 Å². The van der Waals surface area contributed by atoms with Gasteiger partial charge in [0.1, 0.15) is 0 Å². The number of allylic oxidation sites excluding steroid dienone is 4. The maximum atomic E-state index is 8.36. The van der Waals surface area contributed by atoms with Gasteiger partial charge in [-0.15, -0.1) is 46.2 Å². The van der Waals surface area contributed by atoms with Crippen molar-refractivity contribution in [2.75, 3.05) is 0 Å². The molecular weight excluding hydrogens is 404 g/mol. The van der Waals surface area contributed by atoms with E-state index in [2.05, 4.69) is 99.0 Å². The van der Waals surface area contributed by atoms with Gasteiger partial charge in [0.2, 0.25) is 0 Å². The van der Waals surface area contributed by atoms with Gasteiger partial charge >= 0.3 is 38.5 Å². The van der Waals surface area contributed by atoms with Crippen LogP contribution in [0.15, 0.2) is 72.8 Å². The molecule has 0 aromatic heterocycles. The van der Waals surface area contributed by atoms with Crippen molar-refractivity contribution in [1.29, 1.82) is 0 Å². The molecule has 0 saturated heterocycles. The van der Waals surface area contributed by atoms with Crippen LogP contribution in [-0.4, -0.2) is 29.3 Å². The van der Waals surface area contributed by atoms with Crippen LogP contribution in [0.2, 0.25) is 13.1 Å². The third-order valence-corrected chi connectivity index (χ3v) is 3.11. The molecule has 4 rings (SSSR count). The molecule has 3 aromatic rings. The van der Waals surface area contributed by atoms with Crippen LogP contribution < -0.4 is 0 Å². The second-order valence-electron chi connectivity index (χ2n) is 5.53. The Hall–Kier alpha value is -2.34. The standard InChI is InChI=1S/C13H9.C5H5.C2H6Si.2CH2O2.Ti/c1-3-7-12-10(5-1)9-11-6-2-4-8-13(11)12;1-2-4-5-3-1;1-3-2;2*2-1-3;/h1-9H;1-3H,4H2;1-2H3;2*1H,(H,2,3);/q2*-1;;;;+2. The van der Waals surface area contributed by atoms with Gasteiger partial charge in [-0.1, -0.05) is 36.4 Å². The number of carboxylic acid groups (broad SMARTS) is 2. The smallest absolute Gasteiger partial charge is 0.290 e. The zero-order valence-corrected chi connectivity index (χ0v) is 18.6. The summed E-state index contributed by atoms with van der Waals surface area (Å²) in [5.74, 6) is 0. The van der Waals surface area contributed by atoms with Gasteiger partial charge in [-0.3, -0.25) is 15.7 Å². The Balaban J connectivity index is 0.000000406. The number of hydrogen-bond acceptors (Lipinski definition) is 2. The van der Waals surface area contributed by atoms with Gasteiger partial charge < -0.3 is 10.2 Å². The molecule has 0 bridgehead atoms. The molecule has 3 aromatic carbocycles. The molecule has 0 amide bonds. The topological polar surface area (TPSA) is 74.6 Å². The summed E-state index contributed by atoms with van der Waals surface area (Å²) in [6.45, 7) is 4.04. The molecule has 6 heteroatoms. The van der Waals surface area contributed by atoms with Crippen molar-refractivity contribution < 1.29 is 39.0 Å². The molecule has 0 atom stereocenters. The van der Waals surface area contributed by atoms with Gasteiger partial charge in [0.15, 0.2) is 0 Å². The molecule has 0 unspecified atom stereocenters. The van der Waals surface area contributed by atoms with Crippen LogP contribution in [0.4, 0.5) is 0 Å². The first-order valence-electron chi connectivity index (χ1n) is 8.44. The Morgan fingerprint density at radius 1 is 0.964 bits per heavy atom. The van der Waals surface area contributed by atoms with Crippen LogP contribution in [0, 0.1) is 6.08 Å². The van der Waals surface area contributed by atoms with Crippen molar-refractivity contribution in [2.24, 2.45) is 0 Å². The van der Waals surface area contributed by atoms with Crippen LogP contribution in [0.1, 0.15) is 6.42 Å². The molecule has 4 nitrogen and oxygen atoms in total. The van der Waals surface area contributed by atoms with Gasteiger partial charge in [-0.05, 0) is 0 Å². The summed E-state index contributed by atoms with van der Waals surface area (Å²) in [7, 11) is 0. The molecule has 0 fully saturated rings. The number of fused-ring (bicyclic) bond motifs is 3. The van der Waals surface area contributed by atoms with Crippen molar-refractivity contribution in [3.63, 3.8) is 0 Å². The average Bonchev–Trinajstić information content (AvgIpc) is 3.34. The number of carbonyl (C=O) groups is 2. The van der Waals surface area contributed by atoms with E-state index in [9.17, 15) is 0 Å². The Morgan fingerprint density at radius 2 is 1.36 bits per heavy atom. The van der Waals surface area contributed by atoms with Crippen molar-refractivity contribution in [3.05, 3.63) is 78.9 Å². The minimum absolute atomic E-state index is 0.120. The van der Waals surface area contributed by atoms with Crippen molar-refractivity contribution in [1.82, 2.24) is 0 Å². The van der Waals surface area contributed by atoms with E-state index in [4.69, 9.17) is 19.8 Å². The van der Waals surface area contributed by atoms with Crippen LogP contribution in [-0.2, 0) is 28.8 Å². The number of benzene rings is 2. The summed E-state index contributed by atoms with van der Waals surface area (Å²) in [4.78, 5) is 16.7. The van der Waals surface area contributed by atoms with E-state index < -0.39 is 0 Å². The average molecular weight is 428 g/mol. The molecule has 144 valence electrons. The monoisotopic (exact) mass is 428 g/mol. The maximum Gasteiger partial charge on any atom is 0.290 e. The van der Waals surface area contributed by atoms with Gasteiger partial charge in [0, 0.05) is 0 Å². The Bertz CT molecular complexity index is 843. The Labute approximate surface area is 177 Å². The molecule has 0 aliphatic heterocycles. The Kier molecular flexibility index (Phi) is 15.4. The normalized spacial score (nSPS) is 10.1. The summed E-state index contributed by atoms with van der Waals surface area (Å²) in [6, 6.07) is 19.3. The van der Waals surface area contributed by atoms with Crippen molar-refractivity contribution >= 4 is 40.7 Å². The minimum atomic E-state index is -0.250. The molecular formula is C22H24O4SiTi. The van der Waals surface area contributed by atoms with E-state index in [0.717, 1.165) is 6.42 Å². The maximum absolute atomic E-state index is 8.36. The summed E-state index contributed by atoms with van der Waals surface area (Å²) < 4.78 is 0. The van der Waals surface area contributed by atoms with Crippen LogP contribution in [0.5, 0.6) is 0 Å². The third-order valence-electron chi connectivity index (χ3n) is 3.11.